The van der Waals surface area contributed by atoms with Gasteiger partial charge in [-0.05, 0) is 51.9 Å². The standard InChI is InChI=1S/C63H129F7N7O19PS7/c1-9-17-24-31-38-45-54-98(81,82)71(64)61(72(65)99(83,84)55-46-39-32-25-18-10-2,63(95-52-53-96-97(78,79)80,76(69)103(91,92)59-50-43-36-29-22-14-6)77(70,16-8)104(93,94)60-51-44-37-30-23-15-7)62(73(66)100(85,86)56-47-40-33-26-19-11-3,74(67)101(87,88)57-48-41-34-27-20-12-4)75(68)102(89,90)58-49-42-35-28-21-13-5/h9-60H2,1-8H3,(H-,78,79,80)/p+1. The lowest BCUT2D eigenvalue weighted by Gasteiger charge is -2.60. The number of hydrogen-bond acceptors (Lipinski definition) is 17. The highest BCUT2D eigenvalue weighted by atomic mass is 32.2. The summed E-state index contributed by atoms with van der Waals surface area (Å²) in [5.74, 6) is -28.9. The van der Waals surface area contributed by atoms with Gasteiger partial charge in [-0.1, -0.05) is 273 Å². The summed E-state index contributed by atoms with van der Waals surface area (Å²) in [7, 11) is -56.9. The summed E-state index contributed by atoms with van der Waals surface area (Å²) in [6.07, 6.45) is -0.853. The lowest BCUT2D eigenvalue weighted by atomic mass is 9.96. The second kappa shape index (κ2) is 50.8. The molecule has 2 N–H and O–H groups in total. The van der Waals surface area contributed by atoms with E-state index in [2.05, 4.69) is 4.52 Å². The molecular formula is C63H130F7N7O19PS7+. The van der Waals surface area contributed by atoms with Crippen LogP contribution in [0.25, 0.3) is 0 Å². The first-order chi connectivity index (χ1) is 48.6. The van der Waals surface area contributed by atoms with E-state index in [9.17, 15) is 14.4 Å². The first-order valence-corrected chi connectivity index (χ1v) is 50.7. The Balaban J connectivity index is 12.3. The number of quaternary nitrogens is 1. The smallest absolute Gasteiger partial charge is 0.303 e. The van der Waals surface area contributed by atoms with Crippen LogP contribution in [-0.2, 0) is 84.0 Å². The van der Waals surface area contributed by atoms with Gasteiger partial charge in [-0.2, -0.15) is 8.42 Å². The van der Waals surface area contributed by atoms with E-state index in [0.29, 0.717) is 103 Å². The molecule has 26 nitrogen and oxygen atoms in total. The quantitative estimate of drug-likeness (QED) is 0.0188. The minimum absolute atomic E-state index is 0.00802. The first-order valence-electron chi connectivity index (χ1n) is 37.9. The van der Waals surface area contributed by atoms with Gasteiger partial charge in [0.15, 0.2) is 0 Å². The van der Waals surface area contributed by atoms with E-state index in [1.807, 2.05) is 0 Å². The van der Waals surface area contributed by atoms with Crippen LogP contribution in [0, 0.1) is 0 Å². The first kappa shape index (κ1) is 103. The van der Waals surface area contributed by atoms with Crippen molar-refractivity contribution in [1.29, 1.82) is 0 Å². The molecule has 626 valence electrons. The monoisotopic (exact) mass is 1680 g/mol. The number of phosphoric ester groups is 1. The highest BCUT2D eigenvalue weighted by Gasteiger charge is 2.98. The number of phosphoric acid groups is 1. The van der Waals surface area contributed by atoms with Gasteiger partial charge < -0.3 is 14.5 Å². The fraction of sp³-hybridized carbons (Fsp3) is 1.00. The highest BCUT2D eigenvalue weighted by Crippen LogP contribution is 2.61. The average molecular weight is 1680 g/mol. The summed E-state index contributed by atoms with van der Waals surface area (Å²) in [6, 6.07) is 0. The van der Waals surface area contributed by atoms with Crippen molar-refractivity contribution in [3.63, 3.8) is 0 Å². The van der Waals surface area contributed by atoms with E-state index in [0.717, 1.165) is 0 Å². The fourth-order valence-corrected chi connectivity index (χ4v) is 23.1. The summed E-state index contributed by atoms with van der Waals surface area (Å²) in [5, 5.41) is 0. The molecule has 0 heterocycles. The summed E-state index contributed by atoms with van der Waals surface area (Å²) in [6.45, 7) is 5.13. The Morgan fingerprint density at radius 1 is 0.308 bits per heavy atom. The zero-order valence-electron chi connectivity index (χ0n) is 63.2. The number of likely N-dealkylation sites (N-methyl/N-ethyl adjacent to an activating group) is 1. The van der Waals surface area contributed by atoms with Gasteiger partial charge in [0.2, 0.25) is 60.1 Å². The van der Waals surface area contributed by atoms with Gasteiger partial charge in [0.1, 0.15) is 12.3 Å². The number of unbranched alkanes of at least 4 members (excludes halogenated alkanes) is 35. The number of ether oxygens (including phenoxy) is 1. The molecule has 0 saturated heterocycles. The van der Waals surface area contributed by atoms with E-state index < -0.39 is 264 Å². The molecule has 0 spiro atoms. The highest BCUT2D eigenvalue weighted by molar-refractivity contribution is 7.91. The number of sulfonamides is 7. The number of halogens is 7. The molecule has 41 heteroatoms. The summed E-state index contributed by atoms with van der Waals surface area (Å²) >= 11 is 0. The molecule has 0 aromatic rings. The Morgan fingerprint density at radius 2 is 0.510 bits per heavy atom. The van der Waals surface area contributed by atoms with Gasteiger partial charge in [-0.25, -0.2) is 55.1 Å². The molecule has 104 heavy (non-hydrogen) atoms. The topological polar surface area (TPSA) is 334 Å². The lowest BCUT2D eigenvalue weighted by Crippen LogP contribution is -2.97. The van der Waals surface area contributed by atoms with Crippen molar-refractivity contribution in [3.8, 4) is 0 Å². The summed E-state index contributed by atoms with van der Waals surface area (Å²) in [5.41, 5.74) is -7.57. The SMILES string of the molecule is CCCCCCCCS(=O)(=O)N(F)C(N(F)S(=O)(=O)CCCCCCCC)(N(F)S(=O)(=O)CCCCCCCC)C(N(F)S(=O)(=O)CCCCCCCC)(N(F)S(=O)(=O)CCCCCCCC)C(OCCOP(=O)(O)O)(N(F)S(=O)(=O)CCCCCCCC)[N+](F)(CC)S(=O)(=O)CCCCCCCC. The Hall–Kier alpha value is -1.05. The molecule has 0 aliphatic carbocycles. The number of rotatable bonds is 71. The largest absolute Gasteiger partial charge is 0.469 e. The van der Waals surface area contributed by atoms with Crippen molar-refractivity contribution in [1.82, 2.24) is 27.2 Å². The van der Waals surface area contributed by atoms with Crippen LogP contribution >= 0.6 is 7.82 Å². The van der Waals surface area contributed by atoms with Crippen molar-refractivity contribution in [2.45, 2.75) is 342 Å². The third-order valence-electron chi connectivity index (χ3n) is 18.1. The Labute approximate surface area is 621 Å². The van der Waals surface area contributed by atoms with Gasteiger partial charge in [-0.3, -0.25) is 4.52 Å². The molecule has 0 amide bonds. The minimum Gasteiger partial charge on any atom is -0.303 e. The molecule has 0 rings (SSSR count). The maximum atomic E-state index is 21.2. The molecule has 0 aliphatic rings. The normalized spacial score (nSPS) is 15.0. The van der Waals surface area contributed by atoms with Crippen LogP contribution in [0.3, 0.4) is 0 Å². The van der Waals surface area contributed by atoms with Crippen LogP contribution in [-0.4, -0.2) is 177 Å². The van der Waals surface area contributed by atoms with Crippen molar-refractivity contribution >= 4 is 78.0 Å². The van der Waals surface area contributed by atoms with Crippen molar-refractivity contribution in [3.05, 3.63) is 0 Å². The average Bonchev–Trinajstić information content (AvgIpc) is 0.643. The molecule has 0 saturated carbocycles. The van der Waals surface area contributed by atoms with Crippen LogP contribution in [0.5, 0.6) is 0 Å². The number of nitrogens with zero attached hydrogens (tertiary/aromatic N) is 7. The summed E-state index contributed by atoms with van der Waals surface area (Å²) < 4.78 is 367. The van der Waals surface area contributed by atoms with Gasteiger partial charge >= 0.3 is 35.1 Å². The van der Waals surface area contributed by atoms with E-state index in [1.54, 1.807) is 48.5 Å². The van der Waals surface area contributed by atoms with Crippen LogP contribution in [0.4, 0.5) is 31.4 Å². The van der Waals surface area contributed by atoms with E-state index in [4.69, 9.17) is 4.74 Å². The molecule has 0 aromatic carbocycles. The van der Waals surface area contributed by atoms with Gasteiger partial charge in [-0.15, -0.1) is 26.9 Å². The lowest BCUT2D eigenvalue weighted by molar-refractivity contribution is -1.04. The minimum atomic E-state index is -7.57. The fourth-order valence-electron chi connectivity index (χ4n) is 12.2. The molecule has 0 bridgehead atoms. The maximum Gasteiger partial charge on any atom is 0.469 e. The van der Waals surface area contributed by atoms with Crippen LogP contribution in [0.2, 0.25) is 0 Å². The van der Waals surface area contributed by atoms with E-state index >= 15 is 90.3 Å². The Morgan fingerprint density at radius 3 is 0.731 bits per heavy atom. The predicted molar refractivity (Wildman–Crippen MR) is 392 cm³/mol. The van der Waals surface area contributed by atoms with Crippen LogP contribution < -0.4 is 0 Å². The molecule has 0 aliphatic heterocycles. The third-order valence-corrected chi connectivity index (χ3v) is 30.1. The van der Waals surface area contributed by atoms with Gasteiger partial charge in [0.25, 0.3) is 0 Å². The van der Waals surface area contributed by atoms with E-state index in [1.165, 1.54) is 0 Å². The zero-order valence-corrected chi connectivity index (χ0v) is 69.8. The van der Waals surface area contributed by atoms with E-state index in [-0.39, 0.29) is 96.8 Å². The predicted octanol–water partition coefficient (Wildman–Crippen LogP) is 15.8. The Kier molecular flexibility index (Phi) is 50.3. The zero-order chi connectivity index (χ0) is 79.6. The second-order valence-corrected chi connectivity index (χ2v) is 41.6. The van der Waals surface area contributed by atoms with Gasteiger partial charge in [0, 0.05) is 31.2 Å². The second-order valence-electron chi connectivity index (χ2n) is 26.9. The Bertz CT molecular complexity index is 3060. The van der Waals surface area contributed by atoms with Crippen LogP contribution in [0.15, 0.2) is 0 Å². The van der Waals surface area contributed by atoms with Crippen LogP contribution in [0.1, 0.15) is 325 Å². The molecule has 2 unspecified atom stereocenters. The number of hydrogen-bond donors (Lipinski definition) is 2. The molecule has 0 radical (unpaired) electrons. The maximum absolute atomic E-state index is 21.2. The molecule has 0 fully saturated rings. The third kappa shape index (κ3) is 30.5. The summed E-state index contributed by atoms with van der Waals surface area (Å²) in [4.78, 5) is 20.1. The molecule has 0 aromatic heterocycles. The molecular weight excluding hydrogens is 1550 g/mol. The van der Waals surface area contributed by atoms with Crippen molar-refractivity contribution < 1.29 is 118 Å². The van der Waals surface area contributed by atoms with Crippen molar-refractivity contribution in [2.24, 2.45) is 0 Å². The van der Waals surface area contributed by atoms with Gasteiger partial charge in [0.05, 0.1) is 52.3 Å². The van der Waals surface area contributed by atoms with Crippen molar-refractivity contribution in [2.75, 3.05) is 60.0 Å². The molecule has 2 atom stereocenters.